The number of ether oxygens (including phenoxy) is 1. The van der Waals surface area contributed by atoms with Gasteiger partial charge in [-0.3, -0.25) is 0 Å². The normalized spacial score (nSPS) is 17.0. The standard InChI is InChI=1S/C22H21F3N4O/c23-22(24,25)18-8-4-5-16(13-18)14-27-21-26-10-9-20(28-21)29-11-12-30-15-19(29)17-6-2-1-3-7-17/h1-10,13,19H,11-12,14-15H2,(H,26,27,28)/t19-/m1/s1. The lowest BCUT2D eigenvalue weighted by Gasteiger charge is -2.36. The fourth-order valence-corrected chi connectivity index (χ4v) is 3.46. The van der Waals surface area contributed by atoms with Gasteiger partial charge in [-0.2, -0.15) is 18.2 Å². The van der Waals surface area contributed by atoms with Crippen molar-refractivity contribution in [1.29, 1.82) is 0 Å². The van der Waals surface area contributed by atoms with E-state index in [-0.39, 0.29) is 12.6 Å². The van der Waals surface area contributed by atoms with Gasteiger partial charge in [0.05, 0.1) is 24.8 Å². The number of halogens is 3. The van der Waals surface area contributed by atoms with E-state index in [1.807, 2.05) is 24.3 Å². The van der Waals surface area contributed by atoms with Gasteiger partial charge in [0.25, 0.3) is 0 Å². The third kappa shape index (κ3) is 4.71. The molecule has 2 heterocycles. The van der Waals surface area contributed by atoms with E-state index in [1.165, 1.54) is 6.07 Å². The largest absolute Gasteiger partial charge is 0.416 e. The number of rotatable bonds is 5. The highest BCUT2D eigenvalue weighted by molar-refractivity contribution is 5.46. The first-order chi connectivity index (χ1) is 14.5. The number of alkyl halides is 3. The molecule has 30 heavy (non-hydrogen) atoms. The molecule has 0 saturated carbocycles. The van der Waals surface area contributed by atoms with Gasteiger partial charge in [0.15, 0.2) is 0 Å². The van der Waals surface area contributed by atoms with Gasteiger partial charge < -0.3 is 15.0 Å². The second kappa shape index (κ2) is 8.71. The minimum atomic E-state index is -4.37. The SMILES string of the molecule is FC(F)(F)c1cccc(CNc2nccc(N3CCOC[C@@H]3c3ccccc3)n2)c1. The molecule has 1 fully saturated rings. The second-order valence-corrected chi connectivity index (χ2v) is 6.98. The Labute approximate surface area is 172 Å². The molecule has 0 spiro atoms. The van der Waals surface area contributed by atoms with Crippen LogP contribution in [0.4, 0.5) is 24.9 Å². The monoisotopic (exact) mass is 414 g/mol. The fraction of sp³-hybridized carbons (Fsp3) is 0.273. The molecular weight excluding hydrogens is 393 g/mol. The van der Waals surface area contributed by atoms with E-state index in [0.29, 0.717) is 31.3 Å². The van der Waals surface area contributed by atoms with Crippen molar-refractivity contribution < 1.29 is 17.9 Å². The Morgan fingerprint density at radius 3 is 2.70 bits per heavy atom. The summed E-state index contributed by atoms with van der Waals surface area (Å²) in [7, 11) is 0. The highest BCUT2D eigenvalue weighted by Gasteiger charge is 2.30. The molecule has 0 aliphatic carbocycles. The van der Waals surface area contributed by atoms with E-state index >= 15 is 0 Å². The van der Waals surface area contributed by atoms with E-state index in [4.69, 9.17) is 4.74 Å². The van der Waals surface area contributed by atoms with E-state index in [9.17, 15) is 13.2 Å². The maximum atomic E-state index is 12.9. The Kier molecular flexibility index (Phi) is 5.85. The van der Waals surface area contributed by atoms with Crippen molar-refractivity contribution in [3.63, 3.8) is 0 Å². The Morgan fingerprint density at radius 1 is 1.07 bits per heavy atom. The maximum Gasteiger partial charge on any atom is 0.416 e. The Hall–Kier alpha value is -3.13. The first-order valence-corrected chi connectivity index (χ1v) is 9.63. The number of anilines is 2. The summed E-state index contributed by atoms with van der Waals surface area (Å²) in [6.07, 6.45) is -2.72. The zero-order chi connectivity index (χ0) is 21.0. The van der Waals surface area contributed by atoms with Gasteiger partial charge in [-0.25, -0.2) is 4.98 Å². The summed E-state index contributed by atoms with van der Waals surface area (Å²) >= 11 is 0. The summed E-state index contributed by atoms with van der Waals surface area (Å²) < 4.78 is 44.4. The average molecular weight is 414 g/mol. The summed E-state index contributed by atoms with van der Waals surface area (Å²) in [5, 5.41) is 3.03. The molecule has 156 valence electrons. The maximum absolute atomic E-state index is 12.9. The molecule has 0 radical (unpaired) electrons. The van der Waals surface area contributed by atoms with Crippen LogP contribution >= 0.6 is 0 Å². The summed E-state index contributed by atoms with van der Waals surface area (Å²) in [4.78, 5) is 11.0. The van der Waals surface area contributed by atoms with Crippen molar-refractivity contribution >= 4 is 11.8 Å². The lowest BCUT2D eigenvalue weighted by atomic mass is 10.1. The number of benzene rings is 2. The van der Waals surface area contributed by atoms with Crippen molar-refractivity contribution in [3.05, 3.63) is 83.6 Å². The smallest absolute Gasteiger partial charge is 0.377 e. The van der Waals surface area contributed by atoms with Crippen LogP contribution in [0.1, 0.15) is 22.7 Å². The lowest BCUT2D eigenvalue weighted by Crippen LogP contribution is -2.40. The number of nitrogens with zero attached hydrogens (tertiary/aromatic N) is 3. The quantitative estimate of drug-likeness (QED) is 0.657. The summed E-state index contributed by atoms with van der Waals surface area (Å²) in [5.41, 5.74) is 0.970. The molecule has 1 aromatic heterocycles. The van der Waals surface area contributed by atoms with Gasteiger partial charge in [-0.05, 0) is 29.3 Å². The Bertz CT molecular complexity index is 981. The zero-order valence-electron chi connectivity index (χ0n) is 16.1. The summed E-state index contributed by atoms with van der Waals surface area (Å²) in [6.45, 7) is 2.03. The molecule has 0 unspecified atom stereocenters. The topological polar surface area (TPSA) is 50.3 Å². The molecule has 0 bridgehead atoms. The molecule has 1 aliphatic heterocycles. The predicted molar refractivity (Wildman–Crippen MR) is 108 cm³/mol. The number of nitrogens with one attached hydrogen (secondary N) is 1. The summed E-state index contributed by atoms with van der Waals surface area (Å²) in [6, 6.07) is 17.2. The molecule has 0 amide bonds. The van der Waals surface area contributed by atoms with Crippen LogP contribution < -0.4 is 10.2 Å². The summed E-state index contributed by atoms with van der Waals surface area (Å²) in [5.74, 6) is 1.11. The molecule has 5 nitrogen and oxygen atoms in total. The van der Waals surface area contributed by atoms with Gasteiger partial charge in [0, 0.05) is 19.3 Å². The van der Waals surface area contributed by atoms with Crippen molar-refractivity contribution in [2.75, 3.05) is 30.0 Å². The van der Waals surface area contributed by atoms with Gasteiger partial charge in [-0.15, -0.1) is 0 Å². The van der Waals surface area contributed by atoms with E-state index in [1.54, 1.807) is 12.3 Å². The van der Waals surface area contributed by atoms with Gasteiger partial charge in [-0.1, -0.05) is 42.5 Å². The van der Waals surface area contributed by atoms with Crippen LogP contribution in [0.25, 0.3) is 0 Å². The third-order valence-corrected chi connectivity index (χ3v) is 4.95. The van der Waals surface area contributed by atoms with Crippen molar-refractivity contribution in [3.8, 4) is 0 Å². The zero-order valence-corrected chi connectivity index (χ0v) is 16.1. The molecule has 8 heteroatoms. The van der Waals surface area contributed by atoms with Gasteiger partial charge >= 0.3 is 6.18 Å². The van der Waals surface area contributed by atoms with Gasteiger partial charge in [0.1, 0.15) is 5.82 Å². The number of aromatic nitrogens is 2. The van der Waals surface area contributed by atoms with Crippen LogP contribution in [0.2, 0.25) is 0 Å². The molecular formula is C22H21F3N4O. The van der Waals surface area contributed by atoms with Gasteiger partial charge in [0.2, 0.25) is 5.95 Å². The van der Waals surface area contributed by atoms with E-state index in [0.717, 1.165) is 23.5 Å². The average Bonchev–Trinajstić information content (AvgIpc) is 2.78. The van der Waals surface area contributed by atoms with E-state index in [2.05, 4.69) is 32.3 Å². The molecule has 3 aromatic rings. The minimum Gasteiger partial charge on any atom is -0.377 e. The van der Waals surface area contributed by atoms with Crippen LogP contribution in [0.3, 0.4) is 0 Å². The Morgan fingerprint density at radius 2 is 1.90 bits per heavy atom. The Balaban J connectivity index is 1.50. The first-order valence-electron chi connectivity index (χ1n) is 9.63. The van der Waals surface area contributed by atoms with Crippen LogP contribution in [0, 0.1) is 0 Å². The molecule has 1 saturated heterocycles. The molecule has 2 aromatic carbocycles. The van der Waals surface area contributed by atoms with Crippen molar-refractivity contribution in [2.24, 2.45) is 0 Å². The molecule has 1 atom stereocenters. The lowest BCUT2D eigenvalue weighted by molar-refractivity contribution is -0.137. The van der Waals surface area contributed by atoms with E-state index < -0.39 is 11.7 Å². The molecule has 1 N–H and O–H groups in total. The second-order valence-electron chi connectivity index (χ2n) is 6.98. The van der Waals surface area contributed by atoms with Crippen LogP contribution in [0.5, 0.6) is 0 Å². The van der Waals surface area contributed by atoms with Crippen LogP contribution in [0.15, 0.2) is 66.9 Å². The van der Waals surface area contributed by atoms with Crippen LogP contribution in [-0.2, 0) is 17.5 Å². The highest BCUT2D eigenvalue weighted by Crippen LogP contribution is 2.30. The number of hydrogen-bond donors (Lipinski definition) is 1. The minimum absolute atomic E-state index is 0.0335. The van der Waals surface area contributed by atoms with Crippen LogP contribution in [-0.4, -0.2) is 29.7 Å². The molecule has 1 aliphatic rings. The third-order valence-electron chi connectivity index (χ3n) is 4.95. The predicted octanol–water partition coefficient (Wildman–Crippen LogP) is 4.69. The highest BCUT2D eigenvalue weighted by atomic mass is 19.4. The molecule has 4 rings (SSSR count). The number of hydrogen-bond acceptors (Lipinski definition) is 5. The number of morpholine rings is 1. The van der Waals surface area contributed by atoms with Crippen molar-refractivity contribution in [2.45, 2.75) is 18.8 Å². The fourth-order valence-electron chi connectivity index (χ4n) is 3.46. The van der Waals surface area contributed by atoms with Crippen molar-refractivity contribution in [1.82, 2.24) is 9.97 Å². The first kappa shape index (κ1) is 20.2.